The molecule has 0 radical (unpaired) electrons. The predicted molar refractivity (Wildman–Crippen MR) is 165 cm³/mol. The Balaban J connectivity index is 1.24. The van der Waals surface area contributed by atoms with Gasteiger partial charge >= 0.3 is 0 Å². The van der Waals surface area contributed by atoms with E-state index in [2.05, 4.69) is 87.1 Å². The fraction of sp³-hybridized carbons (Fsp3) is 0.176. The Morgan fingerprint density at radius 1 is 0.810 bits per heavy atom. The lowest BCUT2D eigenvalue weighted by Gasteiger charge is -2.35. The first-order valence-corrected chi connectivity index (χ1v) is 14.1. The Kier molecular flexibility index (Phi) is 6.40. The second-order valence-electron chi connectivity index (χ2n) is 10.6. The molecule has 0 unspecified atom stereocenters. The highest BCUT2D eigenvalue weighted by atomic mass is 16.4. The molecule has 206 valence electrons. The van der Waals surface area contributed by atoms with Crippen LogP contribution in [0.3, 0.4) is 0 Å². The highest BCUT2D eigenvalue weighted by Gasteiger charge is 2.28. The lowest BCUT2D eigenvalue weighted by atomic mass is 10.1. The number of rotatable bonds is 5. The smallest absolute Gasteiger partial charge is 0.235 e. The summed E-state index contributed by atoms with van der Waals surface area (Å²) < 4.78 is 8.37. The number of nitrogens with zero attached hydrogens (tertiary/aromatic N) is 7. The summed E-state index contributed by atoms with van der Waals surface area (Å²) in [6.07, 6.45) is 3.83. The normalized spacial score (nSPS) is 13.5. The number of hydrogen-bond donors (Lipinski definition) is 0. The van der Waals surface area contributed by atoms with Crippen molar-refractivity contribution in [3.05, 3.63) is 108 Å². The lowest BCUT2D eigenvalue weighted by molar-refractivity contribution is 0.530. The van der Waals surface area contributed by atoms with Crippen molar-refractivity contribution in [2.45, 2.75) is 13.8 Å². The minimum absolute atomic E-state index is 0.313. The van der Waals surface area contributed by atoms with Gasteiger partial charge in [0.05, 0.1) is 5.39 Å². The molecule has 8 heteroatoms. The molecule has 0 spiro atoms. The van der Waals surface area contributed by atoms with E-state index in [1.165, 1.54) is 5.56 Å². The summed E-state index contributed by atoms with van der Waals surface area (Å²) in [5.74, 6) is 1.91. The first-order chi connectivity index (χ1) is 20.6. The van der Waals surface area contributed by atoms with Crippen LogP contribution >= 0.6 is 0 Å². The van der Waals surface area contributed by atoms with Gasteiger partial charge in [0.25, 0.3) is 0 Å². The third-order valence-electron chi connectivity index (χ3n) is 7.88. The van der Waals surface area contributed by atoms with Crippen LogP contribution in [0.1, 0.15) is 16.8 Å². The van der Waals surface area contributed by atoms with Crippen molar-refractivity contribution in [1.82, 2.24) is 19.5 Å². The van der Waals surface area contributed by atoms with Gasteiger partial charge in [-0.15, -0.1) is 0 Å². The fourth-order valence-electron chi connectivity index (χ4n) is 5.75. The second kappa shape index (κ2) is 10.5. The fourth-order valence-corrected chi connectivity index (χ4v) is 5.75. The molecule has 3 aromatic heterocycles. The topological polar surface area (TPSA) is 87.0 Å². The predicted octanol–water partition coefficient (Wildman–Crippen LogP) is 6.56. The molecule has 0 atom stereocenters. The zero-order chi connectivity index (χ0) is 28.6. The van der Waals surface area contributed by atoms with Gasteiger partial charge in [0.2, 0.25) is 17.5 Å². The van der Waals surface area contributed by atoms with E-state index >= 15 is 0 Å². The van der Waals surface area contributed by atoms with Crippen LogP contribution in [0.15, 0.2) is 95.8 Å². The van der Waals surface area contributed by atoms with Gasteiger partial charge in [-0.25, -0.2) is 9.97 Å². The molecular formula is C34H29N7O. The molecule has 1 aliphatic heterocycles. The molecular weight excluding hydrogens is 522 g/mol. The SMILES string of the molecule is Cc1cccc(-n2cc(-c3ccccc3)c3c(N4CCN(c5oc(-c6ccccc6C)nc5C#N)CC4)ncnc32)c1. The van der Waals surface area contributed by atoms with Gasteiger partial charge in [-0.05, 0) is 48.7 Å². The van der Waals surface area contributed by atoms with Crippen LogP contribution < -0.4 is 9.80 Å². The molecule has 1 aliphatic rings. The van der Waals surface area contributed by atoms with E-state index in [9.17, 15) is 5.26 Å². The van der Waals surface area contributed by atoms with Crippen LogP contribution in [0.2, 0.25) is 0 Å². The van der Waals surface area contributed by atoms with Gasteiger partial charge in [0.15, 0.2) is 5.65 Å². The van der Waals surface area contributed by atoms with E-state index in [0.717, 1.165) is 44.8 Å². The van der Waals surface area contributed by atoms with Crippen LogP contribution in [0, 0.1) is 25.2 Å². The molecule has 6 aromatic rings. The van der Waals surface area contributed by atoms with Crippen molar-refractivity contribution in [3.8, 4) is 34.3 Å². The Hall–Kier alpha value is -5.42. The summed E-state index contributed by atoms with van der Waals surface area (Å²) in [5, 5.41) is 10.9. The number of anilines is 2. The Morgan fingerprint density at radius 3 is 2.33 bits per heavy atom. The molecule has 0 bridgehead atoms. The highest BCUT2D eigenvalue weighted by molar-refractivity contribution is 6.02. The van der Waals surface area contributed by atoms with Crippen molar-refractivity contribution >= 4 is 22.7 Å². The van der Waals surface area contributed by atoms with Crippen molar-refractivity contribution in [2.75, 3.05) is 36.0 Å². The molecule has 42 heavy (non-hydrogen) atoms. The highest BCUT2D eigenvalue weighted by Crippen LogP contribution is 2.38. The van der Waals surface area contributed by atoms with Crippen LogP contribution in [0.4, 0.5) is 11.7 Å². The largest absolute Gasteiger partial charge is 0.419 e. The van der Waals surface area contributed by atoms with E-state index in [-0.39, 0.29) is 0 Å². The zero-order valence-electron chi connectivity index (χ0n) is 23.5. The maximum absolute atomic E-state index is 9.85. The maximum Gasteiger partial charge on any atom is 0.235 e. The number of piperazine rings is 1. The molecule has 0 aliphatic carbocycles. The van der Waals surface area contributed by atoms with Gasteiger partial charge < -0.3 is 18.8 Å². The summed E-state index contributed by atoms with van der Waals surface area (Å²) in [6.45, 7) is 6.87. The maximum atomic E-state index is 9.85. The van der Waals surface area contributed by atoms with Crippen molar-refractivity contribution < 1.29 is 4.42 Å². The van der Waals surface area contributed by atoms with Crippen LogP contribution in [0.5, 0.6) is 0 Å². The van der Waals surface area contributed by atoms with Gasteiger partial charge in [0.1, 0.15) is 18.2 Å². The third-order valence-corrected chi connectivity index (χ3v) is 7.88. The van der Waals surface area contributed by atoms with Crippen molar-refractivity contribution in [1.29, 1.82) is 5.26 Å². The summed E-state index contributed by atoms with van der Waals surface area (Å²) in [5.41, 5.74) is 7.60. The molecule has 0 N–H and O–H groups in total. The van der Waals surface area contributed by atoms with Crippen LogP contribution in [0.25, 0.3) is 39.3 Å². The summed E-state index contributed by atoms with van der Waals surface area (Å²) in [6, 6.07) is 29.0. The number of hydrogen-bond acceptors (Lipinski definition) is 7. The first kappa shape index (κ1) is 25.5. The van der Waals surface area contributed by atoms with Gasteiger partial charge in [-0.1, -0.05) is 60.7 Å². The van der Waals surface area contributed by atoms with Crippen LogP contribution in [-0.4, -0.2) is 45.7 Å². The van der Waals surface area contributed by atoms with Gasteiger partial charge in [-0.3, -0.25) is 0 Å². The van der Waals surface area contributed by atoms with E-state index < -0.39 is 0 Å². The number of fused-ring (bicyclic) bond motifs is 1. The van der Waals surface area contributed by atoms with E-state index in [1.54, 1.807) is 6.33 Å². The molecule has 0 amide bonds. The number of nitriles is 1. The first-order valence-electron chi connectivity index (χ1n) is 14.1. The average molecular weight is 552 g/mol. The molecule has 1 saturated heterocycles. The monoisotopic (exact) mass is 551 g/mol. The second-order valence-corrected chi connectivity index (χ2v) is 10.6. The Labute approximate surface area is 244 Å². The molecule has 4 heterocycles. The number of oxazole rings is 1. The number of benzene rings is 3. The van der Waals surface area contributed by atoms with Gasteiger partial charge in [-0.2, -0.15) is 10.2 Å². The van der Waals surface area contributed by atoms with Crippen LogP contribution in [-0.2, 0) is 0 Å². The Morgan fingerprint density at radius 2 is 1.57 bits per heavy atom. The average Bonchev–Trinajstić information content (AvgIpc) is 3.64. The molecule has 1 fully saturated rings. The van der Waals surface area contributed by atoms with E-state index in [4.69, 9.17) is 14.4 Å². The minimum atomic E-state index is 0.313. The minimum Gasteiger partial charge on any atom is -0.419 e. The quantitative estimate of drug-likeness (QED) is 0.240. The van der Waals surface area contributed by atoms with E-state index in [0.29, 0.717) is 43.6 Å². The molecule has 7 rings (SSSR count). The number of aromatic nitrogens is 4. The zero-order valence-corrected chi connectivity index (χ0v) is 23.5. The summed E-state index contributed by atoms with van der Waals surface area (Å²) in [4.78, 5) is 18.5. The van der Waals surface area contributed by atoms with Gasteiger partial charge in [0, 0.05) is 49.2 Å². The Bertz CT molecular complexity index is 1940. The summed E-state index contributed by atoms with van der Waals surface area (Å²) >= 11 is 0. The molecule has 3 aromatic carbocycles. The number of aryl methyl sites for hydroxylation is 2. The van der Waals surface area contributed by atoms with Crippen molar-refractivity contribution in [3.63, 3.8) is 0 Å². The third kappa shape index (κ3) is 4.45. The molecule has 0 saturated carbocycles. The lowest BCUT2D eigenvalue weighted by Crippen LogP contribution is -2.47. The van der Waals surface area contributed by atoms with Crippen molar-refractivity contribution in [2.24, 2.45) is 0 Å². The standard InChI is InChI=1S/C34H29N7O/c1-23-9-8-13-26(19-23)41-21-28(25-11-4-3-5-12-25)30-31(36-22-37-32(30)41)39-15-17-40(18-16-39)34-29(20-35)38-33(42-34)27-14-7-6-10-24(27)2/h3-14,19,21-22H,15-18H2,1-2H3. The molecule has 8 nitrogen and oxygen atoms in total. The van der Waals surface area contributed by atoms with E-state index in [1.807, 2.05) is 37.3 Å². The summed E-state index contributed by atoms with van der Waals surface area (Å²) in [7, 11) is 0.